The molecule has 0 saturated carbocycles. The zero-order chi connectivity index (χ0) is 15.6. The Morgan fingerprint density at radius 3 is 2.95 bits per heavy atom. The van der Waals surface area contributed by atoms with Gasteiger partial charge in [-0.1, -0.05) is 0 Å². The Labute approximate surface area is 123 Å². The van der Waals surface area contributed by atoms with Gasteiger partial charge in [-0.05, 0) is 6.07 Å². The molecule has 1 aliphatic heterocycles. The molecule has 1 atom stereocenters. The quantitative estimate of drug-likeness (QED) is 0.841. The van der Waals surface area contributed by atoms with Crippen molar-refractivity contribution in [3.05, 3.63) is 30.6 Å². The average molecular weight is 314 g/mol. The summed E-state index contributed by atoms with van der Waals surface area (Å²) in [5.74, 6) is 0.0571. The monoisotopic (exact) mass is 314 g/mol. The van der Waals surface area contributed by atoms with E-state index < -0.39 is 11.9 Å². The van der Waals surface area contributed by atoms with E-state index >= 15 is 0 Å². The lowest BCUT2D eigenvalue weighted by molar-refractivity contribution is -0.141. The van der Waals surface area contributed by atoms with Crippen LogP contribution in [0.5, 0.6) is 0 Å². The van der Waals surface area contributed by atoms with Crippen molar-refractivity contribution in [3.8, 4) is 0 Å². The molecule has 0 bridgehead atoms. The van der Waals surface area contributed by atoms with Gasteiger partial charge in [0.15, 0.2) is 0 Å². The van der Waals surface area contributed by atoms with Crippen molar-refractivity contribution in [1.29, 1.82) is 0 Å². The van der Waals surface area contributed by atoms with Gasteiger partial charge in [-0.3, -0.25) is 4.68 Å². The maximum Gasteiger partial charge on any atom is 0.433 e. The molecule has 0 spiro atoms. The van der Waals surface area contributed by atoms with Gasteiger partial charge in [0.25, 0.3) is 0 Å². The lowest BCUT2D eigenvalue weighted by Gasteiger charge is -2.32. The van der Waals surface area contributed by atoms with E-state index in [0.717, 1.165) is 12.3 Å². The van der Waals surface area contributed by atoms with Crippen molar-refractivity contribution in [2.75, 3.05) is 24.6 Å². The molecule has 3 heterocycles. The van der Waals surface area contributed by atoms with E-state index in [1.165, 1.54) is 6.33 Å². The number of alkyl halides is 3. The summed E-state index contributed by atoms with van der Waals surface area (Å²) in [4.78, 5) is 13.0. The van der Waals surface area contributed by atoms with Gasteiger partial charge in [0.2, 0.25) is 5.95 Å². The Morgan fingerprint density at radius 2 is 2.23 bits per heavy atom. The van der Waals surface area contributed by atoms with Crippen LogP contribution in [0.4, 0.5) is 19.1 Å². The van der Waals surface area contributed by atoms with E-state index in [4.69, 9.17) is 4.74 Å². The van der Waals surface area contributed by atoms with Gasteiger partial charge < -0.3 is 9.64 Å². The minimum absolute atomic E-state index is 0.0571. The van der Waals surface area contributed by atoms with Crippen LogP contribution in [0.2, 0.25) is 0 Å². The second-order valence-electron chi connectivity index (χ2n) is 4.80. The number of halogens is 3. The summed E-state index contributed by atoms with van der Waals surface area (Å²) in [5, 5.41) is 3.98. The third-order valence-electron chi connectivity index (χ3n) is 3.21. The second-order valence-corrected chi connectivity index (χ2v) is 4.80. The van der Waals surface area contributed by atoms with Crippen LogP contribution in [0.1, 0.15) is 5.69 Å². The van der Waals surface area contributed by atoms with E-state index in [2.05, 4.69) is 20.1 Å². The van der Waals surface area contributed by atoms with Crippen LogP contribution in [0.25, 0.3) is 0 Å². The highest BCUT2D eigenvalue weighted by Crippen LogP contribution is 2.28. The Bertz CT molecular complexity index is 618. The van der Waals surface area contributed by atoms with Crippen LogP contribution in [0.15, 0.2) is 24.9 Å². The zero-order valence-electron chi connectivity index (χ0n) is 11.4. The van der Waals surface area contributed by atoms with Gasteiger partial charge >= 0.3 is 6.18 Å². The Kier molecular flexibility index (Phi) is 3.92. The van der Waals surface area contributed by atoms with Crippen molar-refractivity contribution in [1.82, 2.24) is 24.7 Å². The molecular weight excluding hydrogens is 301 g/mol. The molecule has 2 aromatic heterocycles. The highest BCUT2D eigenvalue weighted by atomic mass is 19.4. The van der Waals surface area contributed by atoms with Crippen LogP contribution < -0.4 is 4.90 Å². The summed E-state index contributed by atoms with van der Waals surface area (Å²) in [7, 11) is 0. The highest BCUT2D eigenvalue weighted by Gasteiger charge is 2.33. The van der Waals surface area contributed by atoms with Gasteiger partial charge in [-0.2, -0.15) is 18.3 Å². The van der Waals surface area contributed by atoms with Crippen LogP contribution in [-0.2, 0) is 17.5 Å². The van der Waals surface area contributed by atoms with E-state index in [9.17, 15) is 13.2 Å². The fourth-order valence-corrected chi connectivity index (χ4v) is 2.21. The Hall–Kier alpha value is -2.23. The van der Waals surface area contributed by atoms with Crippen molar-refractivity contribution in [2.24, 2.45) is 0 Å². The summed E-state index contributed by atoms with van der Waals surface area (Å²) in [6, 6.07) is 0.858. The fraction of sp³-hybridized carbons (Fsp3) is 0.500. The fourth-order valence-electron chi connectivity index (χ4n) is 2.21. The first-order chi connectivity index (χ1) is 10.5. The van der Waals surface area contributed by atoms with Gasteiger partial charge in [0.05, 0.1) is 19.3 Å². The normalized spacial score (nSPS) is 19.4. The van der Waals surface area contributed by atoms with E-state index in [1.54, 1.807) is 15.9 Å². The summed E-state index contributed by atoms with van der Waals surface area (Å²) >= 11 is 0. The third-order valence-corrected chi connectivity index (χ3v) is 3.21. The topological polar surface area (TPSA) is 69.0 Å². The van der Waals surface area contributed by atoms with Crippen LogP contribution in [0.3, 0.4) is 0 Å². The number of anilines is 1. The zero-order valence-corrected chi connectivity index (χ0v) is 11.4. The van der Waals surface area contributed by atoms with E-state index in [0.29, 0.717) is 26.2 Å². The lowest BCUT2D eigenvalue weighted by atomic mass is 10.3. The third kappa shape index (κ3) is 3.32. The van der Waals surface area contributed by atoms with Crippen molar-refractivity contribution in [3.63, 3.8) is 0 Å². The lowest BCUT2D eigenvalue weighted by Crippen LogP contribution is -2.45. The van der Waals surface area contributed by atoms with Crippen molar-refractivity contribution < 1.29 is 17.9 Å². The predicted molar refractivity (Wildman–Crippen MR) is 69.0 cm³/mol. The van der Waals surface area contributed by atoms with Crippen LogP contribution in [-0.4, -0.2) is 50.5 Å². The molecule has 7 nitrogen and oxygen atoms in total. The molecule has 118 valence electrons. The first-order valence-electron chi connectivity index (χ1n) is 6.61. The number of nitrogens with zero attached hydrogens (tertiary/aromatic N) is 6. The Balaban J connectivity index is 1.72. The van der Waals surface area contributed by atoms with Gasteiger partial charge in [0.1, 0.15) is 18.3 Å². The molecule has 0 aromatic carbocycles. The molecule has 0 unspecified atom stereocenters. The molecular formula is C12H13F3N6O. The first kappa shape index (κ1) is 14.7. The van der Waals surface area contributed by atoms with Crippen molar-refractivity contribution in [2.45, 2.75) is 18.8 Å². The number of rotatable bonds is 3. The number of morpholine rings is 1. The smallest absolute Gasteiger partial charge is 0.373 e. The minimum Gasteiger partial charge on any atom is -0.373 e. The van der Waals surface area contributed by atoms with Crippen LogP contribution in [0, 0.1) is 0 Å². The summed E-state index contributed by atoms with van der Waals surface area (Å²) in [6.45, 7) is 1.69. The maximum absolute atomic E-state index is 12.7. The molecule has 1 saturated heterocycles. The molecule has 0 amide bonds. The Morgan fingerprint density at radius 1 is 1.36 bits per heavy atom. The maximum atomic E-state index is 12.7. The SMILES string of the molecule is FC(F)(F)c1ccnc(N2CCO[C@@H](Cn3cncn3)C2)n1. The molecule has 2 aromatic rings. The second kappa shape index (κ2) is 5.87. The molecule has 3 rings (SSSR count). The van der Waals surface area contributed by atoms with Gasteiger partial charge in [-0.15, -0.1) is 0 Å². The first-order valence-corrected chi connectivity index (χ1v) is 6.61. The molecule has 10 heteroatoms. The van der Waals surface area contributed by atoms with Crippen LogP contribution >= 0.6 is 0 Å². The minimum atomic E-state index is -4.48. The summed E-state index contributed by atoms with van der Waals surface area (Å²) in [5.41, 5.74) is -0.947. The van der Waals surface area contributed by atoms with E-state index in [-0.39, 0.29) is 12.1 Å². The van der Waals surface area contributed by atoms with Crippen molar-refractivity contribution >= 4 is 5.95 Å². The van der Waals surface area contributed by atoms with Gasteiger partial charge in [0, 0.05) is 19.3 Å². The molecule has 0 radical (unpaired) electrons. The molecule has 22 heavy (non-hydrogen) atoms. The number of hydrogen-bond acceptors (Lipinski definition) is 6. The summed E-state index contributed by atoms with van der Waals surface area (Å²) < 4.78 is 45.3. The average Bonchev–Trinajstić information content (AvgIpc) is 3.00. The molecule has 0 N–H and O–H groups in total. The van der Waals surface area contributed by atoms with Gasteiger partial charge in [-0.25, -0.2) is 15.0 Å². The molecule has 0 aliphatic carbocycles. The number of hydrogen-bond donors (Lipinski definition) is 0. The number of ether oxygens (including phenoxy) is 1. The predicted octanol–water partition coefficient (Wildman–Crippen LogP) is 0.992. The molecule has 1 fully saturated rings. The standard InChI is InChI=1S/C12H13F3N6O/c13-12(14,15)10-1-2-17-11(19-10)20-3-4-22-9(5-20)6-21-8-16-7-18-21/h1-2,7-9H,3-6H2/t9-/m1/s1. The largest absolute Gasteiger partial charge is 0.433 e. The number of aromatic nitrogens is 5. The summed E-state index contributed by atoms with van der Waals surface area (Å²) in [6.07, 6.45) is -0.606. The van der Waals surface area contributed by atoms with E-state index in [1.807, 2.05) is 0 Å². The highest BCUT2D eigenvalue weighted by molar-refractivity contribution is 5.31. The molecule has 1 aliphatic rings.